The monoisotopic (exact) mass is 388 g/mol. The van der Waals surface area contributed by atoms with Crippen molar-refractivity contribution in [3.63, 3.8) is 0 Å². The normalized spacial score (nSPS) is 19.2. The summed E-state index contributed by atoms with van der Waals surface area (Å²) in [6.07, 6.45) is 2.38. The van der Waals surface area contributed by atoms with Crippen molar-refractivity contribution >= 4 is 55.6 Å². The molecule has 1 saturated heterocycles. The fraction of sp³-hybridized carbons (Fsp3) is 0.600. The maximum atomic E-state index is 6.29. The largest absolute Gasteiger partial charge is 0.323 e. The predicted molar refractivity (Wildman–Crippen MR) is 79.5 cm³/mol. The molecule has 2 heterocycles. The van der Waals surface area contributed by atoms with Crippen LogP contribution in [0.25, 0.3) is 0 Å². The van der Waals surface area contributed by atoms with Crippen LogP contribution >= 0.6 is 55.6 Å². The minimum absolute atomic E-state index is 0. The molecule has 1 aliphatic rings. The van der Waals surface area contributed by atoms with Gasteiger partial charge >= 0.3 is 0 Å². The molecule has 2 rings (SSSR count). The molecule has 16 heavy (non-hydrogen) atoms. The summed E-state index contributed by atoms with van der Waals surface area (Å²) in [4.78, 5) is 1.28. The van der Waals surface area contributed by atoms with E-state index in [0.717, 1.165) is 21.3 Å². The Morgan fingerprint density at radius 2 is 2.00 bits per heavy atom. The molecule has 2 nitrogen and oxygen atoms in total. The first kappa shape index (κ1) is 14.9. The number of halogens is 3. The van der Waals surface area contributed by atoms with E-state index >= 15 is 0 Å². The zero-order chi connectivity index (χ0) is 10.8. The van der Waals surface area contributed by atoms with Crippen LogP contribution in [-0.2, 0) is 0 Å². The molecule has 6 heteroatoms. The van der Waals surface area contributed by atoms with E-state index in [4.69, 9.17) is 5.73 Å². The first-order chi connectivity index (χ1) is 7.18. The van der Waals surface area contributed by atoms with Crippen LogP contribution in [0.5, 0.6) is 0 Å². The molecule has 0 amide bonds. The van der Waals surface area contributed by atoms with Gasteiger partial charge in [0.15, 0.2) is 0 Å². The summed E-state index contributed by atoms with van der Waals surface area (Å²) in [7, 11) is 0. The molecule has 0 bridgehead atoms. The van der Waals surface area contributed by atoms with Gasteiger partial charge < -0.3 is 11.1 Å². The number of rotatable bonds is 2. The van der Waals surface area contributed by atoms with Gasteiger partial charge in [-0.1, -0.05) is 0 Å². The van der Waals surface area contributed by atoms with Gasteiger partial charge in [-0.3, -0.25) is 0 Å². The Balaban J connectivity index is 0.00000128. The maximum Gasteiger partial charge on any atom is 0.0843 e. The van der Waals surface area contributed by atoms with Gasteiger partial charge in [0.1, 0.15) is 0 Å². The van der Waals surface area contributed by atoms with Crippen LogP contribution in [-0.4, -0.2) is 13.1 Å². The lowest BCUT2D eigenvalue weighted by Crippen LogP contribution is -2.33. The lowest BCUT2D eigenvalue weighted by atomic mass is 9.90. The molecule has 0 spiro atoms. The number of hydrogen-bond donors (Lipinski definition) is 2. The summed E-state index contributed by atoms with van der Waals surface area (Å²) in [5.41, 5.74) is 6.29. The van der Waals surface area contributed by atoms with Gasteiger partial charge in [-0.15, -0.1) is 23.7 Å². The van der Waals surface area contributed by atoms with Crippen molar-refractivity contribution in [2.45, 2.75) is 18.9 Å². The smallest absolute Gasteiger partial charge is 0.0843 e. The zero-order valence-corrected chi connectivity index (χ0v) is 13.5. The number of thiophene rings is 1. The van der Waals surface area contributed by atoms with E-state index < -0.39 is 0 Å². The first-order valence-corrected chi connectivity index (χ1v) is 7.50. The highest BCUT2D eigenvalue weighted by atomic mass is 79.9. The highest BCUT2D eigenvalue weighted by Gasteiger charge is 2.23. The molecule has 1 aromatic heterocycles. The summed E-state index contributed by atoms with van der Waals surface area (Å²) in [6.45, 7) is 2.21. The van der Waals surface area contributed by atoms with Gasteiger partial charge in [-0.25, -0.2) is 0 Å². The van der Waals surface area contributed by atoms with Crippen LogP contribution in [0.15, 0.2) is 14.3 Å². The highest BCUT2D eigenvalue weighted by molar-refractivity contribution is 9.13. The Bertz CT molecular complexity index is 320. The van der Waals surface area contributed by atoms with E-state index in [2.05, 4.69) is 43.2 Å². The number of nitrogens with two attached hydrogens (primary N) is 1. The van der Waals surface area contributed by atoms with Crippen molar-refractivity contribution in [3.8, 4) is 0 Å². The van der Waals surface area contributed by atoms with E-state index in [1.807, 2.05) is 0 Å². The van der Waals surface area contributed by atoms with Crippen molar-refractivity contribution in [1.29, 1.82) is 0 Å². The van der Waals surface area contributed by atoms with Crippen LogP contribution in [0.1, 0.15) is 23.8 Å². The summed E-state index contributed by atoms with van der Waals surface area (Å²) in [5.74, 6) is 0.628. The molecule has 92 valence electrons. The summed E-state index contributed by atoms with van der Waals surface area (Å²) >= 11 is 8.76. The second kappa shape index (κ2) is 6.71. The zero-order valence-electron chi connectivity index (χ0n) is 8.71. The quantitative estimate of drug-likeness (QED) is 0.808. The molecule has 0 unspecified atom stereocenters. The van der Waals surface area contributed by atoms with E-state index in [-0.39, 0.29) is 18.4 Å². The van der Waals surface area contributed by atoms with Crippen LogP contribution in [0.3, 0.4) is 0 Å². The van der Waals surface area contributed by atoms with Crippen LogP contribution in [0.4, 0.5) is 0 Å². The average Bonchev–Trinajstić information content (AvgIpc) is 2.59. The molecule has 1 atom stereocenters. The number of piperidine rings is 1. The van der Waals surface area contributed by atoms with E-state index in [1.54, 1.807) is 11.3 Å². The van der Waals surface area contributed by atoms with Crippen molar-refractivity contribution < 1.29 is 0 Å². The van der Waals surface area contributed by atoms with Crippen LogP contribution in [0, 0.1) is 5.92 Å². The van der Waals surface area contributed by atoms with Crippen molar-refractivity contribution in [2.24, 2.45) is 11.7 Å². The van der Waals surface area contributed by atoms with E-state index in [0.29, 0.717) is 5.92 Å². The molecule has 1 aromatic rings. The Morgan fingerprint density at radius 1 is 1.38 bits per heavy atom. The SMILES string of the molecule is Cl.N[C@@H](c1cc(Br)c(Br)s1)C1CCNCC1. The molecule has 0 aliphatic carbocycles. The predicted octanol–water partition coefficient (Wildman–Crippen LogP) is 3.69. The Labute approximate surface area is 123 Å². The fourth-order valence-electron chi connectivity index (χ4n) is 1.96. The standard InChI is InChI=1S/C10H14Br2N2S.ClH/c11-7-5-8(15-10(7)12)9(13)6-1-3-14-4-2-6;/h5-6,9,14H,1-4,13H2;1H/t9-;/m1./s1. The molecule has 1 aliphatic heterocycles. The maximum absolute atomic E-state index is 6.29. The lowest BCUT2D eigenvalue weighted by Gasteiger charge is -2.27. The number of nitrogens with one attached hydrogen (secondary N) is 1. The summed E-state index contributed by atoms with van der Waals surface area (Å²) in [5, 5.41) is 3.37. The van der Waals surface area contributed by atoms with Gasteiger partial charge in [-0.05, 0) is 69.8 Å². The number of hydrogen-bond acceptors (Lipinski definition) is 3. The Hall–Kier alpha value is 0.870. The highest BCUT2D eigenvalue weighted by Crippen LogP contribution is 2.38. The molecule has 3 N–H and O–H groups in total. The summed E-state index contributed by atoms with van der Waals surface area (Å²) < 4.78 is 2.26. The second-order valence-electron chi connectivity index (χ2n) is 3.88. The Kier molecular flexibility index (Phi) is 6.26. The average molecular weight is 391 g/mol. The van der Waals surface area contributed by atoms with Gasteiger partial charge in [0.2, 0.25) is 0 Å². The summed E-state index contributed by atoms with van der Waals surface area (Å²) in [6, 6.07) is 2.33. The van der Waals surface area contributed by atoms with Crippen molar-refractivity contribution in [2.75, 3.05) is 13.1 Å². The van der Waals surface area contributed by atoms with E-state index in [1.165, 1.54) is 17.7 Å². The van der Waals surface area contributed by atoms with Crippen molar-refractivity contribution in [3.05, 3.63) is 19.2 Å². The Morgan fingerprint density at radius 3 is 2.50 bits per heavy atom. The molecule has 0 aromatic carbocycles. The van der Waals surface area contributed by atoms with Gasteiger partial charge in [0, 0.05) is 15.4 Å². The lowest BCUT2D eigenvalue weighted by molar-refractivity contribution is 0.325. The van der Waals surface area contributed by atoms with Crippen LogP contribution < -0.4 is 11.1 Å². The third-order valence-corrected chi connectivity index (χ3v) is 6.24. The van der Waals surface area contributed by atoms with Crippen molar-refractivity contribution in [1.82, 2.24) is 5.32 Å². The third-order valence-electron chi connectivity index (χ3n) is 2.88. The van der Waals surface area contributed by atoms with E-state index in [9.17, 15) is 0 Å². The van der Waals surface area contributed by atoms with Crippen LogP contribution in [0.2, 0.25) is 0 Å². The minimum atomic E-state index is 0. The van der Waals surface area contributed by atoms with Gasteiger partial charge in [-0.2, -0.15) is 0 Å². The first-order valence-electron chi connectivity index (χ1n) is 5.09. The minimum Gasteiger partial charge on any atom is -0.323 e. The molecular weight excluding hydrogens is 375 g/mol. The van der Waals surface area contributed by atoms with Gasteiger partial charge in [0.05, 0.1) is 3.79 Å². The third kappa shape index (κ3) is 3.43. The van der Waals surface area contributed by atoms with Gasteiger partial charge in [0.25, 0.3) is 0 Å². The topological polar surface area (TPSA) is 38.0 Å². The molecular formula is C10H15Br2ClN2S. The molecule has 0 saturated carbocycles. The molecule has 0 radical (unpaired) electrons. The molecule has 1 fully saturated rings. The second-order valence-corrected chi connectivity index (χ2v) is 7.14. The fourth-order valence-corrected chi connectivity index (χ4v) is 4.15.